The fraction of sp³-hybridized carbons (Fsp3) is 0.333. The van der Waals surface area contributed by atoms with Crippen molar-refractivity contribution < 1.29 is 14.3 Å². The third-order valence-electron chi connectivity index (χ3n) is 5.56. The predicted molar refractivity (Wildman–Crippen MR) is 107 cm³/mol. The van der Waals surface area contributed by atoms with E-state index < -0.39 is 5.41 Å². The number of ketones is 2. The summed E-state index contributed by atoms with van der Waals surface area (Å²) in [6.45, 7) is 3.83. The van der Waals surface area contributed by atoms with E-state index in [4.69, 9.17) is 4.74 Å². The number of hydrogen-bond donors (Lipinski definition) is 0. The van der Waals surface area contributed by atoms with Crippen LogP contribution in [0.1, 0.15) is 32.7 Å². The molecule has 1 aliphatic heterocycles. The van der Waals surface area contributed by atoms with Gasteiger partial charge in [0.1, 0.15) is 5.41 Å². The number of nitrogens with zero attached hydrogens (tertiary/aromatic N) is 1. The molecule has 2 aromatic carbocycles. The summed E-state index contributed by atoms with van der Waals surface area (Å²) in [7, 11) is 0. The van der Waals surface area contributed by atoms with Crippen molar-refractivity contribution in [3.05, 3.63) is 71.3 Å². The first-order valence-electron chi connectivity index (χ1n) is 9.69. The summed E-state index contributed by atoms with van der Waals surface area (Å²) in [5, 5.41) is 0. The highest BCUT2D eigenvalue weighted by atomic mass is 16.5. The van der Waals surface area contributed by atoms with Crippen LogP contribution in [0.5, 0.6) is 0 Å². The molecule has 0 aromatic heterocycles. The largest absolute Gasteiger partial charge is 0.379 e. The molecule has 4 heteroatoms. The highest BCUT2D eigenvalue weighted by Gasteiger charge is 2.52. The smallest absolute Gasteiger partial charge is 0.178 e. The van der Waals surface area contributed by atoms with Gasteiger partial charge in [-0.2, -0.15) is 0 Å². The van der Waals surface area contributed by atoms with E-state index >= 15 is 0 Å². The molecule has 2 aliphatic rings. The SMILES string of the molecule is O=C1c2ccccc2C(=O)C1(CC#CCN1CCOCC1)Cc1ccccc1. The maximum Gasteiger partial charge on any atom is 0.178 e. The number of fused-ring (bicyclic) bond motifs is 1. The van der Waals surface area contributed by atoms with E-state index in [1.807, 2.05) is 42.5 Å². The van der Waals surface area contributed by atoms with Gasteiger partial charge in [-0.1, -0.05) is 60.5 Å². The average molecular weight is 373 g/mol. The van der Waals surface area contributed by atoms with Crippen LogP contribution in [-0.4, -0.2) is 49.3 Å². The Labute approximate surface area is 165 Å². The lowest BCUT2D eigenvalue weighted by Gasteiger charge is -2.25. The topological polar surface area (TPSA) is 46.6 Å². The minimum Gasteiger partial charge on any atom is -0.379 e. The lowest BCUT2D eigenvalue weighted by Crippen LogP contribution is -2.37. The fourth-order valence-electron chi connectivity index (χ4n) is 3.97. The number of carbonyl (C=O) groups excluding carboxylic acids is 2. The van der Waals surface area contributed by atoms with Crippen molar-refractivity contribution in [3.63, 3.8) is 0 Å². The van der Waals surface area contributed by atoms with Crippen LogP contribution in [0.25, 0.3) is 0 Å². The molecular formula is C24H23NO3. The van der Waals surface area contributed by atoms with Crippen LogP contribution in [0.3, 0.4) is 0 Å². The Morgan fingerprint density at radius 1 is 0.857 bits per heavy atom. The molecule has 28 heavy (non-hydrogen) atoms. The number of hydrogen-bond acceptors (Lipinski definition) is 4. The second-order valence-electron chi connectivity index (χ2n) is 7.37. The van der Waals surface area contributed by atoms with Crippen molar-refractivity contribution in [2.24, 2.45) is 5.41 Å². The van der Waals surface area contributed by atoms with E-state index in [1.54, 1.807) is 12.1 Å². The molecule has 1 fully saturated rings. The van der Waals surface area contributed by atoms with Gasteiger partial charge >= 0.3 is 0 Å². The van der Waals surface area contributed by atoms with Crippen molar-refractivity contribution in [1.82, 2.24) is 4.90 Å². The Morgan fingerprint density at radius 3 is 2.11 bits per heavy atom. The van der Waals surface area contributed by atoms with Crippen LogP contribution in [0.2, 0.25) is 0 Å². The highest BCUT2D eigenvalue weighted by Crippen LogP contribution is 2.42. The minimum atomic E-state index is -1.12. The van der Waals surface area contributed by atoms with E-state index in [9.17, 15) is 9.59 Å². The van der Waals surface area contributed by atoms with E-state index in [0.717, 1.165) is 31.9 Å². The van der Waals surface area contributed by atoms with Gasteiger partial charge < -0.3 is 4.74 Å². The van der Waals surface area contributed by atoms with E-state index in [0.29, 0.717) is 24.1 Å². The summed E-state index contributed by atoms with van der Waals surface area (Å²) >= 11 is 0. The molecule has 0 atom stereocenters. The summed E-state index contributed by atoms with van der Waals surface area (Å²) in [4.78, 5) is 28.9. The average Bonchev–Trinajstić information content (AvgIpc) is 2.95. The zero-order chi connectivity index (χ0) is 19.4. The number of Topliss-reactive ketones (excluding diaryl/α,β-unsaturated/α-hetero) is 2. The van der Waals surface area contributed by atoms with Crippen LogP contribution in [0.4, 0.5) is 0 Å². The second-order valence-corrected chi connectivity index (χ2v) is 7.37. The van der Waals surface area contributed by atoms with Gasteiger partial charge in [0.25, 0.3) is 0 Å². The van der Waals surface area contributed by atoms with E-state index in [-0.39, 0.29) is 18.0 Å². The summed E-state index contributed by atoms with van der Waals surface area (Å²) in [6, 6.07) is 16.9. The number of rotatable bonds is 4. The molecule has 142 valence electrons. The normalized spacial score (nSPS) is 18.4. The Hall–Kier alpha value is -2.74. The number of ether oxygens (including phenoxy) is 1. The maximum absolute atomic E-state index is 13.3. The molecule has 0 radical (unpaired) electrons. The lowest BCUT2D eigenvalue weighted by atomic mass is 9.74. The van der Waals surface area contributed by atoms with Gasteiger partial charge in [0.15, 0.2) is 11.6 Å². The van der Waals surface area contributed by atoms with E-state index in [1.165, 1.54) is 0 Å². The minimum absolute atomic E-state index is 0.0994. The fourth-order valence-corrected chi connectivity index (χ4v) is 3.97. The zero-order valence-corrected chi connectivity index (χ0v) is 15.8. The predicted octanol–water partition coefficient (Wildman–Crippen LogP) is 3.02. The van der Waals surface area contributed by atoms with E-state index in [2.05, 4.69) is 16.7 Å². The monoisotopic (exact) mass is 373 g/mol. The summed E-state index contributed by atoms with van der Waals surface area (Å²) in [5.74, 6) is 6.13. The number of morpholine rings is 1. The molecule has 1 heterocycles. The Balaban J connectivity index is 1.60. The lowest BCUT2D eigenvalue weighted by molar-refractivity contribution is 0.0443. The standard InChI is InChI=1S/C24H23NO3/c26-22-20-10-4-5-11-21(20)23(27)24(22,18-19-8-2-1-3-9-19)12-6-7-13-25-14-16-28-17-15-25/h1-5,8-11H,12-18H2. The highest BCUT2D eigenvalue weighted by molar-refractivity contribution is 6.29. The third-order valence-corrected chi connectivity index (χ3v) is 5.56. The maximum atomic E-state index is 13.3. The quantitative estimate of drug-likeness (QED) is 0.611. The summed E-state index contributed by atoms with van der Waals surface area (Å²) in [5.41, 5.74) is 0.909. The van der Waals surface area contributed by atoms with Crippen LogP contribution >= 0.6 is 0 Å². The molecule has 0 amide bonds. The Bertz CT molecular complexity index is 898. The molecule has 0 saturated carbocycles. The summed E-state index contributed by atoms with van der Waals surface area (Å²) in [6.07, 6.45) is 0.630. The van der Waals surface area contributed by atoms with Gasteiger partial charge in [0.2, 0.25) is 0 Å². The molecular weight excluding hydrogens is 350 g/mol. The van der Waals surface area contributed by atoms with Crippen LogP contribution in [-0.2, 0) is 11.2 Å². The van der Waals surface area contributed by atoms with Crippen LogP contribution < -0.4 is 0 Å². The van der Waals surface area contributed by atoms with Crippen LogP contribution in [0.15, 0.2) is 54.6 Å². The Kier molecular flexibility index (Phi) is 5.38. The van der Waals surface area contributed by atoms with Crippen molar-refractivity contribution in [1.29, 1.82) is 0 Å². The molecule has 0 unspecified atom stereocenters. The van der Waals surface area contributed by atoms with Crippen LogP contribution in [0, 0.1) is 17.3 Å². The molecule has 0 bridgehead atoms. The molecule has 1 aliphatic carbocycles. The molecule has 4 rings (SSSR count). The van der Waals surface area contributed by atoms with Crippen molar-refractivity contribution >= 4 is 11.6 Å². The molecule has 0 N–H and O–H groups in total. The van der Waals surface area contributed by atoms with Gasteiger partial charge in [0, 0.05) is 30.6 Å². The first kappa shape index (κ1) is 18.6. The molecule has 4 nitrogen and oxygen atoms in total. The first-order valence-corrected chi connectivity index (χ1v) is 9.69. The molecule has 0 spiro atoms. The molecule has 1 saturated heterocycles. The third kappa shape index (κ3) is 3.52. The van der Waals surface area contributed by atoms with Gasteiger partial charge in [-0.25, -0.2) is 0 Å². The van der Waals surface area contributed by atoms with Gasteiger partial charge in [-0.3, -0.25) is 14.5 Å². The number of carbonyl (C=O) groups is 2. The van der Waals surface area contributed by atoms with Gasteiger partial charge in [-0.05, 0) is 12.0 Å². The Morgan fingerprint density at radius 2 is 1.46 bits per heavy atom. The van der Waals surface area contributed by atoms with Crippen molar-refractivity contribution in [3.8, 4) is 11.8 Å². The molecule has 2 aromatic rings. The van der Waals surface area contributed by atoms with Gasteiger partial charge in [0.05, 0.1) is 19.8 Å². The summed E-state index contributed by atoms with van der Waals surface area (Å²) < 4.78 is 5.35. The number of benzene rings is 2. The van der Waals surface area contributed by atoms with Crippen molar-refractivity contribution in [2.45, 2.75) is 12.8 Å². The van der Waals surface area contributed by atoms with Crippen molar-refractivity contribution in [2.75, 3.05) is 32.8 Å². The first-order chi connectivity index (χ1) is 13.7. The second kappa shape index (κ2) is 8.10. The van der Waals surface area contributed by atoms with Gasteiger partial charge in [-0.15, -0.1) is 5.92 Å². The zero-order valence-electron chi connectivity index (χ0n) is 15.8.